The molecule has 2 N–H and O–H groups in total. The molecule has 0 unspecified atom stereocenters. The molecule has 0 aliphatic carbocycles. The van der Waals surface area contributed by atoms with Crippen LogP contribution in [0.4, 0.5) is 10.1 Å². The first-order chi connectivity index (χ1) is 9.00. The van der Waals surface area contributed by atoms with Gasteiger partial charge in [0, 0.05) is 17.4 Å². The zero-order valence-electron chi connectivity index (χ0n) is 10.6. The van der Waals surface area contributed by atoms with Gasteiger partial charge in [-0.05, 0) is 31.5 Å². The molecule has 19 heavy (non-hydrogen) atoms. The molecule has 0 aliphatic heterocycles. The topological polar surface area (TPSA) is 62.2 Å². The number of carbonyl (C=O) groups excluding carboxylic acids is 1. The summed E-state index contributed by atoms with van der Waals surface area (Å²) < 4.78 is 13.4. The predicted molar refractivity (Wildman–Crippen MR) is 69.7 cm³/mol. The minimum Gasteiger partial charge on any atom is -0.507 e. The molecule has 0 bridgehead atoms. The van der Waals surface area contributed by atoms with E-state index in [0.29, 0.717) is 16.8 Å². The van der Waals surface area contributed by atoms with Crippen LogP contribution >= 0.6 is 0 Å². The molecule has 1 heterocycles. The Balaban J connectivity index is 2.30. The molecule has 4 nitrogen and oxygen atoms in total. The van der Waals surface area contributed by atoms with Crippen molar-refractivity contribution < 1.29 is 14.3 Å². The molecular formula is C14H13FN2O2. The molecule has 2 rings (SSSR count). The van der Waals surface area contributed by atoms with E-state index in [4.69, 9.17) is 0 Å². The maximum atomic E-state index is 13.4. The maximum Gasteiger partial charge on any atom is 0.258 e. The molecule has 0 radical (unpaired) electrons. The number of nitrogens with one attached hydrogen (secondary N) is 1. The average molecular weight is 260 g/mol. The van der Waals surface area contributed by atoms with Gasteiger partial charge < -0.3 is 10.4 Å². The Hall–Kier alpha value is -2.43. The summed E-state index contributed by atoms with van der Waals surface area (Å²) in [6.45, 7) is 3.44. The Labute approximate surface area is 109 Å². The Morgan fingerprint density at radius 1 is 1.32 bits per heavy atom. The van der Waals surface area contributed by atoms with Crippen molar-refractivity contribution in [2.75, 3.05) is 5.32 Å². The Bertz CT molecular complexity index is 641. The number of aromatic hydroxyl groups is 1. The number of phenolic OH excluding ortho intramolecular Hbond substituents is 1. The molecule has 5 heteroatoms. The summed E-state index contributed by atoms with van der Waals surface area (Å²) in [6, 6.07) is 4.65. The lowest BCUT2D eigenvalue weighted by atomic mass is 10.1. The number of amides is 1. The molecular weight excluding hydrogens is 247 g/mol. The second-order valence-electron chi connectivity index (χ2n) is 4.21. The van der Waals surface area contributed by atoms with E-state index in [1.807, 2.05) is 0 Å². The van der Waals surface area contributed by atoms with Crippen LogP contribution in [0.25, 0.3) is 0 Å². The monoisotopic (exact) mass is 260 g/mol. The lowest BCUT2D eigenvalue weighted by Crippen LogP contribution is -2.14. The summed E-state index contributed by atoms with van der Waals surface area (Å²) in [5.74, 6) is -1.15. The summed E-state index contributed by atoms with van der Waals surface area (Å²) in [4.78, 5) is 15.5. The number of hydrogen-bond donors (Lipinski definition) is 2. The van der Waals surface area contributed by atoms with Crippen LogP contribution in [0.1, 0.15) is 21.5 Å². The quantitative estimate of drug-likeness (QED) is 0.872. The highest BCUT2D eigenvalue weighted by Gasteiger charge is 2.14. The van der Waals surface area contributed by atoms with Crippen LogP contribution in [0.5, 0.6) is 5.75 Å². The van der Waals surface area contributed by atoms with Crippen molar-refractivity contribution in [3.8, 4) is 5.75 Å². The van der Waals surface area contributed by atoms with Crippen LogP contribution < -0.4 is 5.32 Å². The number of pyridine rings is 1. The van der Waals surface area contributed by atoms with Gasteiger partial charge in [0.2, 0.25) is 0 Å². The zero-order valence-corrected chi connectivity index (χ0v) is 10.6. The van der Waals surface area contributed by atoms with E-state index < -0.39 is 11.7 Å². The number of hydrogen-bond acceptors (Lipinski definition) is 3. The minimum atomic E-state index is -0.686. The standard InChI is InChI=1S/C14H13FN2O2/c1-8-3-4-12(9(2)13(8)18)17-14(19)10-5-6-16-7-11(10)15/h3-7,18H,1-2H3,(H,17,19). The molecule has 1 aromatic carbocycles. The lowest BCUT2D eigenvalue weighted by molar-refractivity contribution is 0.102. The number of aromatic nitrogens is 1. The molecule has 0 fully saturated rings. The second kappa shape index (κ2) is 5.06. The third kappa shape index (κ3) is 2.54. The summed E-state index contributed by atoms with van der Waals surface area (Å²) >= 11 is 0. The summed E-state index contributed by atoms with van der Waals surface area (Å²) in [6.07, 6.45) is 2.33. The highest BCUT2D eigenvalue weighted by atomic mass is 19.1. The van der Waals surface area contributed by atoms with Crippen molar-refractivity contribution in [3.63, 3.8) is 0 Å². The van der Waals surface area contributed by atoms with Crippen molar-refractivity contribution in [2.45, 2.75) is 13.8 Å². The van der Waals surface area contributed by atoms with Gasteiger partial charge in [-0.25, -0.2) is 4.39 Å². The molecule has 0 saturated heterocycles. The van der Waals surface area contributed by atoms with Crippen molar-refractivity contribution in [2.24, 2.45) is 0 Å². The molecule has 0 aliphatic rings. The van der Waals surface area contributed by atoms with Crippen molar-refractivity contribution in [1.82, 2.24) is 4.98 Å². The van der Waals surface area contributed by atoms with E-state index in [2.05, 4.69) is 10.3 Å². The van der Waals surface area contributed by atoms with Crippen LogP contribution in [0.15, 0.2) is 30.6 Å². The Morgan fingerprint density at radius 2 is 2.05 bits per heavy atom. The normalized spacial score (nSPS) is 10.3. The fourth-order valence-electron chi connectivity index (χ4n) is 1.72. The third-order valence-electron chi connectivity index (χ3n) is 2.90. The van der Waals surface area contributed by atoms with E-state index >= 15 is 0 Å². The van der Waals surface area contributed by atoms with Crippen LogP contribution in [-0.4, -0.2) is 16.0 Å². The van der Waals surface area contributed by atoms with E-state index in [1.165, 1.54) is 12.3 Å². The second-order valence-corrected chi connectivity index (χ2v) is 4.21. The van der Waals surface area contributed by atoms with Gasteiger partial charge in [0.25, 0.3) is 5.91 Å². The number of halogens is 1. The van der Waals surface area contributed by atoms with Gasteiger partial charge in [-0.2, -0.15) is 0 Å². The van der Waals surface area contributed by atoms with Crippen LogP contribution in [0, 0.1) is 19.7 Å². The van der Waals surface area contributed by atoms with E-state index in [1.54, 1.807) is 26.0 Å². The van der Waals surface area contributed by atoms with Gasteiger partial charge in [0.15, 0.2) is 5.82 Å². The first kappa shape index (κ1) is 13.0. The van der Waals surface area contributed by atoms with Gasteiger partial charge in [0.05, 0.1) is 11.8 Å². The van der Waals surface area contributed by atoms with Crippen molar-refractivity contribution >= 4 is 11.6 Å². The third-order valence-corrected chi connectivity index (χ3v) is 2.90. The highest BCUT2D eigenvalue weighted by Crippen LogP contribution is 2.28. The highest BCUT2D eigenvalue weighted by molar-refractivity contribution is 6.04. The molecule has 98 valence electrons. The Kier molecular flexibility index (Phi) is 3.46. The van der Waals surface area contributed by atoms with E-state index in [9.17, 15) is 14.3 Å². The molecule has 1 aromatic heterocycles. The van der Waals surface area contributed by atoms with Gasteiger partial charge >= 0.3 is 0 Å². The first-order valence-corrected chi connectivity index (χ1v) is 5.70. The predicted octanol–water partition coefficient (Wildman–Crippen LogP) is 2.80. The first-order valence-electron chi connectivity index (χ1n) is 5.70. The fraction of sp³-hybridized carbons (Fsp3) is 0.143. The summed E-state index contributed by atoms with van der Waals surface area (Å²) in [5, 5.41) is 12.4. The van der Waals surface area contributed by atoms with Crippen molar-refractivity contribution in [3.05, 3.63) is 53.1 Å². The largest absolute Gasteiger partial charge is 0.507 e. The average Bonchev–Trinajstić information content (AvgIpc) is 2.40. The summed E-state index contributed by atoms with van der Waals surface area (Å²) in [7, 11) is 0. The SMILES string of the molecule is Cc1ccc(NC(=O)c2ccncc2F)c(C)c1O. The lowest BCUT2D eigenvalue weighted by Gasteiger charge is -2.11. The smallest absolute Gasteiger partial charge is 0.258 e. The van der Waals surface area contributed by atoms with Crippen LogP contribution in [0.3, 0.4) is 0 Å². The minimum absolute atomic E-state index is 0.0885. The van der Waals surface area contributed by atoms with Gasteiger partial charge in [-0.1, -0.05) is 6.07 Å². The van der Waals surface area contributed by atoms with Gasteiger partial charge in [-0.15, -0.1) is 0 Å². The Morgan fingerprint density at radius 3 is 2.74 bits per heavy atom. The van der Waals surface area contributed by atoms with Crippen LogP contribution in [-0.2, 0) is 0 Å². The number of benzene rings is 1. The van der Waals surface area contributed by atoms with Gasteiger partial charge in [0.1, 0.15) is 5.75 Å². The number of rotatable bonds is 2. The van der Waals surface area contributed by atoms with Gasteiger partial charge in [-0.3, -0.25) is 9.78 Å². The number of carbonyl (C=O) groups is 1. The van der Waals surface area contributed by atoms with E-state index in [-0.39, 0.29) is 11.3 Å². The number of nitrogens with zero attached hydrogens (tertiary/aromatic N) is 1. The molecule has 1 amide bonds. The van der Waals surface area contributed by atoms with Crippen LogP contribution in [0.2, 0.25) is 0 Å². The van der Waals surface area contributed by atoms with Crippen molar-refractivity contribution in [1.29, 1.82) is 0 Å². The molecule has 0 atom stereocenters. The number of phenols is 1. The van der Waals surface area contributed by atoms with E-state index in [0.717, 1.165) is 6.20 Å². The zero-order chi connectivity index (χ0) is 14.0. The molecule has 2 aromatic rings. The fourth-order valence-corrected chi connectivity index (χ4v) is 1.72. The molecule has 0 saturated carbocycles. The summed E-state index contributed by atoms with van der Waals surface area (Å²) in [5.41, 5.74) is 1.62. The maximum absolute atomic E-state index is 13.4. The number of anilines is 1. The molecule has 0 spiro atoms. The number of aryl methyl sites for hydroxylation is 1.